The highest BCUT2D eigenvalue weighted by Gasteiger charge is 2.17. The van der Waals surface area contributed by atoms with E-state index in [0.29, 0.717) is 27.6 Å². The second-order valence-electron chi connectivity index (χ2n) is 7.41. The summed E-state index contributed by atoms with van der Waals surface area (Å²) in [6.07, 6.45) is 1.20. The summed E-state index contributed by atoms with van der Waals surface area (Å²) in [5, 5.41) is 23.8. The first-order valence-electron chi connectivity index (χ1n) is 10.1. The predicted molar refractivity (Wildman–Crippen MR) is 124 cm³/mol. The molecule has 2 N–H and O–H groups in total. The highest BCUT2D eigenvalue weighted by molar-refractivity contribution is 6.15. The lowest BCUT2D eigenvalue weighted by atomic mass is 9.98. The summed E-state index contributed by atoms with van der Waals surface area (Å²) >= 11 is 0. The average Bonchev–Trinajstić information content (AvgIpc) is 2.84. The maximum Gasteiger partial charge on any atom is 0.307 e. The first-order valence-corrected chi connectivity index (χ1v) is 10.1. The number of hydrogen-bond acceptors (Lipinski definition) is 6. The number of amides is 1. The lowest BCUT2D eigenvalue weighted by molar-refractivity contribution is -0.384. The van der Waals surface area contributed by atoms with Crippen LogP contribution in [0.2, 0.25) is 0 Å². The molecule has 0 bridgehead atoms. The van der Waals surface area contributed by atoms with Crippen molar-refractivity contribution in [1.29, 1.82) is 0 Å². The minimum atomic E-state index is -0.989. The van der Waals surface area contributed by atoms with Crippen LogP contribution in [0, 0.1) is 10.1 Å². The van der Waals surface area contributed by atoms with Crippen molar-refractivity contribution in [3.8, 4) is 0 Å². The molecule has 1 amide bonds. The van der Waals surface area contributed by atoms with Crippen molar-refractivity contribution in [3.63, 3.8) is 0 Å². The number of carboxylic acid groups (broad SMARTS) is 1. The number of pyridine rings is 1. The Morgan fingerprint density at radius 1 is 0.882 bits per heavy atom. The molecule has 3 aromatic carbocycles. The average molecular weight is 455 g/mol. The van der Waals surface area contributed by atoms with Crippen LogP contribution in [-0.4, -0.2) is 32.7 Å². The number of benzene rings is 3. The molecule has 0 spiro atoms. The molecule has 0 aliphatic heterocycles. The molecule has 0 radical (unpaired) electrons. The van der Waals surface area contributed by atoms with E-state index in [9.17, 15) is 24.5 Å². The lowest BCUT2D eigenvalue weighted by Gasteiger charge is -2.10. The highest BCUT2D eigenvalue weighted by Crippen LogP contribution is 2.24. The maximum atomic E-state index is 13.1. The van der Waals surface area contributed by atoms with Crippen molar-refractivity contribution in [2.24, 2.45) is 0 Å². The quantitative estimate of drug-likeness (QED) is 0.241. The molecule has 168 valence electrons. The fraction of sp³-hybridized carbons (Fsp3) is 0.0400. The van der Waals surface area contributed by atoms with E-state index in [4.69, 9.17) is 5.11 Å². The van der Waals surface area contributed by atoms with E-state index >= 15 is 0 Å². The minimum Gasteiger partial charge on any atom is -0.481 e. The van der Waals surface area contributed by atoms with Crippen molar-refractivity contribution in [2.45, 2.75) is 6.42 Å². The van der Waals surface area contributed by atoms with Gasteiger partial charge in [-0.15, -0.1) is 0 Å². The van der Waals surface area contributed by atoms with Crippen LogP contribution in [0.3, 0.4) is 0 Å². The molecule has 0 atom stereocenters. The van der Waals surface area contributed by atoms with E-state index in [-0.39, 0.29) is 29.1 Å². The molecule has 0 aliphatic carbocycles. The molecule has 4 aromatic rings. The SMILES string of the molecule is O=C(O)Cc1cnc(C(=O)c2ccc(NC(=O)c3ccc([N+](=O)[O-])cc3)cc2)c2ccccc12. The molecule has 0 saturated heterocycles. The molecule has 4 rings (SSSR count). The Bertz CT molecular complexity index is 1430. The van der Waals surface area contributed by atoms with Crippen molar-refractivity contribution in [2.75, 3.05) is 5.32 Å². The van der Waals surface area contributed by atoms with Gasteiger partial charge in [-0.2, -0.15) is 0 Å². The predicted octanol–water partition coefficient (Wildman–Crippen LogP) is 4.25. The van der Waals surface area contributed by atoms with Gasteiger partial charge in [-0.3, -0.25) is 29.5 Å². The lowest BCUT2D eigenvalue weighted by Crippen LogP contribution is -2.12. The summed E-state index contributed by atoms with van der Waals surface area (Å²) in [5.74, 6) is -1.78. The van der Waals surface area contributed by atoms with Gasteiger partial charge in [0.1, 0.15) is 5.69 Å². The normalized spacial score (nSPS) is 10.6. The Labute approximate surface area is 192 Å². The third-order valence-electron chi connectivity index (χ3n) is 5.18. The van der Waals surface area contributed by atoms with Gasteiger partial charge < -0.3 is 10.4 Å². The Morgan fingerprint density at radius 3 is 2.12 bits per heavy atom. The molecule has 1 aromatic heterocycles. The first-order chi connectivity index (χ1) is 16.3. The van der Waals surface area contributed by atoms with E-state index < -0.39 is 16.8 Å². The number of non-ortho nitro benzene ring substituents is 1. The minimum absolute atomic E-state index is 0.114. The van der Waals surface area contributed by atoms with E-state index in [1.165, 1.54) is 30.5 Å². The number of fused-ring (bicyclic) bond motifs is 1. The monoisotopic (exact) mass is 455 g/mol. The van der Waals surface area contributed by atoms with Crippen molar-refractivity contribution < 1.29 is 24.4 Å². The molecule has 0 aliphatic rings. The molecule has 9 nitrogen and oxygen atoms in total. The summed E-state index contributed by atoms with van der Waals surface area (Å²) in [7, 11) is 0. The largest absolute Gasteiger partial charge is 0.481 e. The Hall–Kier alpha value is -4.92. The number of hydrogen-bond donors (Lipinski definition) is 2. The first kappa shape index (κ1) is 22.3. The van der Waals surface area contributed by atoms with E-state index in [0.717, 1.165) is 0 Å². The maximum absolute atomic E-state index is 13.1. The topological polar surface area (TPSA) is 140 Å². The number of ketones is 1. The van der Waals surface area contributed by atoms with Crippen molar-refractivity contribution in [1.82, 2.24) is 4.98 Å². The number of nitrogens with one attached hydrogen (secondary N) is 1. The smallest absolute Gasteiger partial charge is 0.307 e. The summed E-state index contributed by atoms with van der Waals surface area (Å²) in [6, 6.07) is 18.4. The van der Waals surface area contributed by atoms with Gasteiger partial charge in [-0.05, 0) is 47.3 Å². The zero-order valence-corrected chi connectivity index (χ0v) is 17.6. The van der Waals surface area contributed by atoms with Crippen LogP contribution in [0.4, 0.5) is 11.4 Å². The van der Waals surface area contributed by atoms with Crippen molar-refractivity contribution in [3.05, 3.63) is 111 Å². The number of nitrogens with zero attached hydrogens (tertiary/aromatic N) is 2. The fourth-order valence-corrected chi connectivity index (χ4v) is 3.52. The summed E-state index contributed by atoms with van der Waals surface area (Å²) in [5.41, 5.74) is 1.64. The van der Waals surface area contributed by atoms with Gasteiger partial charge >= 0.3 is 5.97 Å². The number of rotatable bonds is 7. The second kappa shape index (κ2) is 9.29. The third kappa shape index (κ3) is 4.63. The van der Waals surface area contributed by atoms with Crippen LogP contribution >= 0.6 is 0 Å². The summed E-state index contributed by atoms with van der Waals surface area (Å²) in [4.78, 5) is 51.1. The van der Waals surface area contributed by atoms with Gasteiger partial charge in [-0.25, -0.2) is 0 Å². The van der Waals surface area contributed by atoms with Crippen LogP contribution in [0.25, 0.3) is 10.8 Å². The number of carbonyl (C=O) groups is 3. The zero-order chi connectivity index (χ0) is 24.2. The Morgan fingerprint density at radius 2 is 1.50 bits per heavy atom. The van der Waals surface area contributed by atoms with Gasteiger partial charge in [0, 0.05) is 40.5 Å². The molecule has 0 fully saturated rings. The number of aliphatic carboxylic acids is 1. The van der Waals surface area contributed by atoms with Gasteiger partial charge in [0.05, 0.1) is 11.3 Å². The molecule has 0 unspecified atom stereocenters. The van der Waals surface area contributed by atoms with E-state index in [2.05, 4.69) is 10.3 Å². The van der Waals surface area contributed by atoms with E-state index in [1.807, 2.05) is 0 Å². The molecule has 1 heterocycles. The standard InChI is InChI=1S/C25H17N3O6/c29-22(30)13-17-14-26-23(21-4-2-1-3-20(17)21)24(31)15-5-9-18(10-6-15)27-25(32)16-7-11-19(12-8-16)28(33)34/h1-12,14H,13H2,(H,27,32)(H,29,30). The number of anilines is 1. The van der Waals surface area contributed by atoms with Crippen LogP contribution in [-0.2, 0) is 11.2 Å². The molecule has 0 saturated carbocycles. The number of carbonyl (C=O) groups excluding carboxylic acids is 2. The Balaban J connectivity index is 1.54. The van der Waals surface area contributed by atoms with Gasteiger partial charge in [0.15, 0.2) is 0 Å². The van der Waals surface area contributed by atoms with Crippen LogP contribution in [0.5, 0.6) is 0 Å². The van der Waals surface area contributed by atoms with Gasteiger partial charge in [0.25, 0.3) is 11.6 Å². The number of carboxylic acids is 1. The molecule has 9 heteroatoms. The van der Waals surface area contributed by atoms with Crippen molar-refractivity contribution >= 4 is 39.8 Å². The molecule has 34 heavy (non-hydrogen) atoms. The van der Waals surface area contributed by atoms with Gasteiger partial charge in [-0.1, -0.05) is 24.3 Å². The highest BCUT2D eigenvalue weighted by atomic mass is 16.6. The number of nitro groups is 1. The van der Waals surface area contributed by atoms with Gasteiger partial charge in [0.2, 0.25) is 5.78 Å². The van der Waals surface area contributed by atoms with Crippen LogP contribution in [0.1, 0.15) is 32.0 Å². The Kier molecular flexibility index (Phi) is 6.09. The number of nitro benzene ring substituents is 1. The van der Waals surface area contributed by atoms with Crippen LogP contribution in [0.15, 0.2) is 79.0 Å². The van der Waals surface area contributed by atoms with E-state index in [1.54, 1.807) is 48.5 Å². The summed E-state index contributed by atoms with van der Waals surface area (Å²) in [6.45, 7) is 0. The molecular formula is C25H17N3O6. The number of aromatic nitrogens is 1. The fourth-order valence-electron chi connectivity index (χ4n) is 3.52. The summed E-state index contributed by atoms with van der Waals surface area (Å²) < 4.78 is 0. The second-order valence-corrected chi connectivity index (χ2v) is 7.41. The molecular weight excluding hydrogens is 438 g/mol. The third-order valence-corrected chi connectivity index (χ3v) is 5.18. The van der Waals surface area contributed by atoms with Crippen LogP contribution < -0.4 is 5.32 Å². The zero-order valence-electron chi connectivity index (χ0n) is 17.6.